The van der Waals surface area contributed by atoms with Crippen molar-refractivity contribution >= 4 is 0 Å². The van der Waals surface area contributed by atoms with Crippen LogP contribution in [-0.4, -0.2) is 26.3 Å². The molecule has 3 rings (SSSR count). The zero-order valence-electron chi connectivity index (χ0n) is 11.6. The Labute approximate surface area is 115 Å². The summed E-state index contributed by atoms with van der Waals surface area (Å²) in [6, 6.07) is 8.89. The smallest absolute Gasteiger partial charge is 0.119 e. The standard InChI is InChI=1S/C16H23NO2/c1-18-14-7-4-6-12(9-14)16-10-17-15-8-3-2-5-13(15)11-19-16/h4,6-7,9,13,15-17H,2-3,5,8,10-11H2,1H3. The minimum Gasteiger partial charge on any atom is -0.497 e. The molecule has 2 fully saturated rings. The van der Waals surface area contributed by atoms with Crippen molar-refractivity contribution in [2.75, 3.05) is 20.3 Å². The van der Waals surface area contributed by atoms with E-state index in [1.165, 1.54) is 31.2 Å². The second kappa shape index (κ2) is 5.93. The van der Waals surface area contributed by atoms with Crippen LogP contribution in [0.25, 0.3) is 0 Å². The molecule has 3 nitrogen and oxygen atoms in total. The first-order chi connectivity index (χ1) is 9.36. The van der Waals surface area contributed by atoms with Crippen LogP contribution in [0.4, 0.5) is 0 Å². The highest BCUT2D eigenvalue weighted by Gasteiger charge is 2.30. The summed E-state index contributed by atoms with van der Waals surface area (Å²) < 4.78 is 11.4. The molecule has 3 atom stereocenters. The quantitative estimate of drug-likeness (QED) is 0.888. The molecule has 0 aromatic heterocycles. The molecule has 1 heterocycles. The topological polar surface area (TPSA) is 30.5 Å². The number of benzene rings is 1. The fourth-order valence-electron chi connectivity index (χ4n) is 3.29. The lowest BCUT2D eigenvalue weighted by molar-refractivity contribution is 0.0400. The van der Waals surface area contributed by atoms with Crippen LogP contribution in [-0.2, 0) is 4.74 Å². The van der Waals surface area contributed by atoms with Crippen molar-refractivity contribution in [3.63, 3.8) is 0 Å². The van der Waals surface area contributed by atoms with Crippen molar-refractivity contribution in [1.29, 1.82) is 0 Å². The summed E-state index contributed by atoms with van der Waals surface area (Å²) in [6.07, 6.45) is 5.48. The molecule has 1 aromatic rings. The van der Waals surface area contributed by atoms with Crippen molar-refractivity contribution in [3.05, 3.63) is 29.8 Å². The first-order valence-electron chi connectivity index (χ1n) is 7.36. The van der Waals surface area contributed by atoms with Crippen LogP contribution in [0.1, 0.15) is 37.4 Å². The van der Waals surface area contributed by atoms with Crippen LogP contribution in [0.3, 0.4) is 0 Å². The Hall–Kier alpha value is -1.06. The van der Waals surface area contributed by atoms with Gasteiger partial charge in [0.05, 0.1) is 19.8 Å². The van der Waals surface area contributed by atoms with E-state index in [0.29, 0.717) is 12.0 Å². The molecule has 3 unspecified atom stereocenters. The van der Waals surface area contributed by atoms with Crippen LogP contribution in [0.15, 0.2) is 24.3 Å². The largest absolute Gasteiger partial charge is 0.497 e. The third-order valence-corrected chi connectivity index (χ3v) is 4.45. The SMILES string of the molecule is COc1cccc(C2CNC3CCCCC3CO2)c1. The third kappa shape index (κ3) is 2.93. The number of nitrogens with one attached hydrogen (secondary N) is 1. The van der Waals surface area contributed by atoms with Crippen molar-refractivity contribution in [2.45, 2.75) is 37.8 Å². The lowest BCUT2D eigenvalue weighted by atomic mass is 9.85. The minimum atomic E-state index is 0.153. The lowest BCUT2D eigenvalue weighted by Crippen LogP contribution is -2.38. The van der Waals surface area contributed by atoms with Gasteiger partial charge < -0.3 is 14.8 Å². The predicted molar refractivity (Wildman–Crippen MR) is 75.4 cm³/mol. The zero-order chi connectivity index (χ0) is 13.1. The summed E-state index contributed by atoms with van der Waals surface area (Å²) in [5, 5.41) is 3.70. The number of fused-ring (bicyclic) bond motifs is 1. The Morgan fingerprint density at radius 3 is 3.05 bits per heavy atom. The van der Waals surface area contributed by atoms with Gasteiger partial charge in [0, 0.05) is 12.6 Å². The molecule has 0 radical (unpaired) electrons. The van der Waals surface area contributed by atoms with Crippen LogP contribution < -0.4 is 10.1 Å². The lowest BCUT2D eigenvalue weighted by Gasteiger charge is -2.29. The average Bonchev–Trinajstić information content (AvgIpc) is 2.70. The first-order valence-corrected chi connectivity index (χ1v) is 7.36. The summed E-state index contributed by atoms with van der Waals surface area (Å²) in [5.41, 5.74) is 1.21. The summed E-state index contributed by atoms with van der Waals surface area (Å²) in [6.45, 7) is 1.80. The Bertz CT molecular complexity index is 405. The molecule has 104 valence electrons. The molecule has 1 aliphatic carbocycles. The minimum absolute atomic E-state index is 0.153. The molecular formula is C16H23NO2. The number of hydrogen-bond donors (Lipinski definition) is 1. The van der Waals surface area contributed by atoms with Gasteiger partial charge in [0.1, 0.15) is 5.75 Å². The fraction of sp³-hybridized carbons (Fsp3) is 0.625. The Kier molecular flexibility index (Phi) is 4.04. The Morgan fingerprint density at radius 2 is 2.16 bits per heavy atom. The number of ether oxygens (including phenoxy) is 2. The number of rotatable bonds is 2. The maximum Gasteiger partial charge on any atom is 0.119 e. The van der Waals surface area contributed by atoms with E-state index in [4.69, 9.17) is 9.47 Å². The van der Waals surface area contributed by atoms with Gasteiger partial charge in [-0.05, 0) is 36.5 Å². The molecular weight excluding hydrogens is 238 g/mol. The summed E-state index contributed by atoms with van der Waals surface area (Å²) >= 11 is 0. The molecule has 2 aliphatic rings. The molecule has 1 saturated heterocycles. The second-order valence-electron chi connectivity index (χ2n) is 5.66. The Balaban J connectivity index is 1.71. The predicted octanol–water partition coefficient (Wildman–Crippen LogP) is 2.91. The van der Waals surface area contributed by atoms with Crippen LogP contribution in [0.5, 0.6) is 5.75 Å². The van der Waals surface area contributed by atoms with Crippen molar-refractivity contribution in [2.24, 2.45) is 5.92 Å². The second-order valence-corrected chi connectivity index (χ2v) is 5.66. The van der Waals surface area contributed by atoms with E-state index in [9.17, 15) is 0 Å². The van der Waals surface area contributed by atoms with E-state index in [2.05, 4.69) is 17.4 Å². The monoisotopic (exact) mass is 261 g/mol. The van der Waals surface area contributed by atoms with Crippen LogP contribution >= 0.6 is 0 Å². The van der Waals surface area contributed by atoms with E-state index in [0.717, 1.165) is 18.9 Å². The number of hydrogen-bond acceptors (Lipinski definition) is 3. The summed E-state index contributed by atoms with van der Waals surface area (Å²) in [5.74, 6) is 1.60. The third-order valence-electron chi connectivity index (χ3n) is 4.45. The molecule has 0 spiro atoms. The highest BCUT2D eigenvalue weighted by atomic mass is 16.5. The maximum absolute atomic E-state index is 6.14. The van der Waals surface area contributed by atoms with Gasteiger partial charge in [0.15, 0.2) is 0 Å². The van der Waals surface area contributed by atoms with Gasteiger partial charge in [-0.2, -0.15) is 0 Å². The molecule has 0 bridgehead atoms. The number of methoxy groups -OCH3 is 1. The highest BCUT2D eigenvalue weighted by molar-refractivity contribution is 5.30. The fourth-order valence-corrected chi connectivity index (χ4v) is 3.29. The van der Waals surface area contributed by atoms with E-state index in [1.807, 2.05) is 12.1 Å². The van der Waals surface area contributed by atoms with E-state index >= 15 is 0 Å². The van der Waals surface area contributed by atoms with Crippen LogP contribution in [0.2, 0.25) is 0 Å². The van der Waals surface area contributed by atoms with Gasteiger partial charge >= 0.3 is 0 Å². The van der Waals surface area contributed by atoms with Crippen LogP contribution in [0, 0.1) is 5.92 Å². The molecule has 0 amide bonds. The molecule has 19 heavy (non-hydrogen) atoms. The van der Waals surface area contributed by atoms with Gasteiger partial charge in [-0.25, -0.2) is 0 Å². The van der Waals surface area contributed by atoms with Crippen molar-refractivity contribution in [3.8, 4) is 5.75 Å². The van der Waals surface area contributed by atoms with Gasteiger partial charge in [0.25, 0.3) is 0 Å². The van der Waals surface area contributed by atoms with Gasteiger partial charge in [-0.15, -0.1) is 0 Å². The average molecular weight is 261 g/mol. The van der Waals surface area contributed by atoms with Gasteiger partial charge in [-0.3, -0.25) is 0 Å². The Morgan fingerprint density at radius 1 is 1.26 bits per heavy atom. The maximum atomic E-state index is 6.14. The van der Waals surface area contributed by atoms with Crippen molar-refractivity contribution in [1.82, 2.24) is 5.32 Å². The first kappa shape index (κ1) is 12.9. The highest BCUT2D eigenvalue weighted by Crippen LogP contribution is 2.30. The molecule has 1 saturated carbocycles. The van der Waals surface area contributed by atoms with E-state index < -0.39 is 0 Å². The summed E-state index contributed by atoms with van der Waals surface area (Å²) in [7, 11) is 1.71. The molecule has 1 aromatic carbocycles. The van der Waals surface area contributed by atoms with E-state index in [-0.39, 0.29) is 6.10 Å². The summed E-state index contributed by atoms with van der Waals surface area (Å²) in [4.78, 5) is 0. The van der Waals surface area contributed by atoms with E-state index in [1.54, 1.807) is 7.11 Å². The molecule has 3 heteroatoms. The van der Waals surface area contributed by atoms with Crippen molar-refractivity contribution < 1.29 is 9.47 Å². The molecule has 1 N–H and O–H groups in total. The van der Waals surface area contributed by atoms with Gasteiger partial charge in [0.2, 0.25) is 0 Å². The van der Waals surface area contributed by atoms with Gasteiger partial charge in [-0.1, -0.05) is 25.0 Å². The zero-order valence-corrected chi connectivity index (χ0v) is 11.6. The molecule has 1 aliphatic heterocycles. The normalized spacial score (nSPS) is 31.3.